The van der Waals surface area contributed by atoms with Crippen LogP contribution in [0.15, 0.2) is 78.4 Å². The SMILES string of the molecule is CCOC(=O)[C@H]1C23C(=O)N4C(C)(C)CC5(C=CC(=O)C=C5)[C@]14OC(c1ccc(Cl)cc1)=C2C(=O)C(=O)N3c1ccccc1O. The highest BCUT2D eigenvalue weighted by Crippen LogP contribution is 2.72. The van der Waals surface area contributed by atoms with Gasteiger partial charge in [-0.15, -0.1) is 0 Å². The summed E-state index contributed by atoms with van der Waals surface area (Å²) in [6.45, 7) is 5.13. The van der Waals surface area contributed by atoms with Crippen molar-refractivity contribution in [1.82, 2.24) is 4.90 Å². The van der Waals surface area contributed by atoms with Gasteiger partial charge in [0, 0.05) is 16.1 Å². The van der Waals surface area contributed by atoms with E-state index in [-0.39, 0.29) is 41.6 Å². The van der Waals surface area contributed by atoms with Gasteiger partial charge in [0.15, 0.2) is 17.2 Å². The van der Waals surface area contributed by atoms with Crippen molar-refractivity contribution in [3.05, 3.63) is 89.0 Å². The lowest BCUT2D eigenvalue weighted by Gasteiger charge is -2.51. The molecule has 44 heavy (non-hydrogen) atoms. The predicted octanol–water partition coefficient (Wildman–Crippen LogP) is 3.72. The fourth-order valence-corrected chi connectivity index (χ4v) is 8.16. The highest BCUT2D eigenvalue weighted by Gasteiger charge is 2.89. The first-order valence-corrected chi connectivity index (χ1v) is 14.6. The average molecular weight is 615 g/mol. The van der Waals surface area contributed by atoms with Gasteiger partial charge in [-0.05, 0) is 75.7 Å². The molecule has 2 amide bonds. The van der Waals surface area contributed by atoms with E-state index < -0.39 is 51.7 Å². The number of para-hydroxylation sites is 2. The van der Waals surface area contributed by atoms with E-state index in [2.05, 4.69) is 0 Å². The van der Waals surface area contributed by atoms with Crippen molar-refractivity contribution in [2.24, 2.45) is 11.3 Å². The van der Waals surface area contributed by atoms with Gasteiger partial charge >= 0.3 is 11.9 Å². The molecule has 11 heteroatoms. The van der Waals surface area contributed by atoms with Crippen LogP contribution in [0.3, 0.4) is 0 Å². The zero-order chi connectivity index (χ0) is 31.4. The van der Waals surface area contributed by atoms with Crippen LogP contribution in [0.4, 0.5) is 5.69 Å². The van der Waals surface area contributed by atoms with E-state index >= 15 is 4.79 Å². The fourth-order valence-electron chi connectivity index (χ4n) is 8.03. The molecule has 10 nitrogen and oxygen atoms in total. The molecular weight excluding hydrogens is 588 g/mol. The van der Waals surface area contributed by atoms with Crippen LogP contribution >= 0.6 is 11.6 Å². The molecule has 3 spiro atoms. The van der Waals surface area contributed by atoms with Crippen LogP contribution in [0.5, 0.6) is 5.75 Å². The van der Waals surface area contributed by atoms with E-state index in [0.717, 1.165) is 4.90 Å². The molecule has 1 N–H and O–H groups in total. The normalized spacial score (nSPS) is 29.0. The van der Waals surface area contributed by atoms with E-state index in [9.17, 15) is 24.3 Å². The molecule has 4 heterocycles. The number of hydrogen-bond donors (Lipinski definition) is 1. The average Bonchev–Trinajstić information content (AvgIpc) is 3.40. The molecule has 2 bridgehead atoms. The molecule has 3 saturated heterocycles. The van der Waals surface area contributed by atoms with Crippen LogP contribution in [-0.2, 0) is 33.4 Å². The first-order valence-electron chi connectivity index (χ1n) is 14.2. The van der Waals surface area contributed by atoms with E-state index in [0.29, 0.717) is 10.6 Å². The van der Waals surface area contributed by atoms with Crippen molar-refractivity contribution < 1.29 is 38.6 Å². The molecular formula is C33H27ClN2O8. The topological polar surface area (TPSA) is 131 Å². The molecule has 7 rings (SSSR count). The third kappa shape index (κ3) is 3.13. The van der Waals surface area contributed by atoms with Crippen molar-refractivity contribution in [2.75, 3.05) is 11.5 Å². The molecule has 3 fully saturated rings. The third-order valence-electron chi connectivity index (χ3n) is 9.35. The Morgan fingerprint density at radius 2 is 1.70 bits per heavy atom. The number of allylic oxidation sites excluding steroid dienone is 2. The number of Topliss-reactive ketones (excluding diaryl/α,β-unsaturated/α-hetero) is 1. The lowest BCUT2D eigenvalue weighted by Crippen LogP contribution is -2.66. The number of aromatic hydroxyl groups is 1. The number of phenols is 1. The summed E-state index contributed by atoms with van der Waals surface area (Å²) in [5, 5.41) is 11.4. The molecule has 3 atom stereocenters. The van der Waals surface area contributed by atoms with Crippen molar-refractivity contribution in [3.8, 4) is 5.75 Å². The van der Waals surface area contributed by atoms with Crippen LogP contribution in [-0.4, -0.2) is 62.8 Å². The van der Waals surface area contributed by atoms with Crippen LogP contribution in [0.25, 0.3) is 5.76 Å². The van der Waals surface area contributed by atoms with Crippen LogP contribution in [0.1, 0.15) is 32.8 Å². The molecule has 0 aromatic heterocycles. The molecule has 1 unspecified atom stereocenters. The molecule has 2 aromatic carbocycles. The van der Waals surface area contributed by atoms with Gasteiger partial charge in [-0.1, -0.05) is 35.9 Å². The largest absolute Gasteiger partial charge is 0.506 e. The van der Waals surface area contributed by atoms with Crippen molar-refractivity contribution in [3.63, 3.8) is 0 Å². The number of anilines is 1. The van der Waals surface area contributed by atoms with Gasteiger partial charge in [0.1, 0.15) is 11.5 Å². The summed E-state index contributed by atoms with van der Waals surface area (Å²) in [6.07, 6.45) is 6.22. The van der Waals surface area contributed by atoms with Gasteiger partial charge in [0.2, 0.25) is 5.72 Å². The summed E-state index contributed by atoms with van der Waals surface area (Å²) in [6, 6.07) is 12.1. The number of ether oxygens (including phenoxy) is 2. The standard InChI is InChI=1S/C33H27ClN2O8/c1-4-43-28(41)26-32-23(24(39)27(40)35(32)21-7-5-6-8-22(21)38)25(18-9-11-19(34)12-10-18)44-33(26)31(15-13-20(37)14-16-31)17-30(2,3)36(33)29(32)42/h5-16,26,38H,4,17H2,1-3H3/t26-,32?,33+/m0/s1. The number of amides is 2. The lowest BCUT2D eigenvalue weighted by molar-refractivity contribution is -0.183. The maximum Gasteiger partial charge on any atom is 0.318 e. The molecule has 0 radical (unpaired) electrons. The number of esters is 1. The number of carbonyl (C=O) groups excluding carboxylic acids is 5. The highest BCUT2D eigenvalue weighted by molar-refractivity contribution is 6.55. The second-order valence-electron chi connectivity index (χ2n) is 12.2. The summed E-state index contributed by atoms with van der Waals surface area (Å²) in [5.41, 5.74) is -6.63. The minimum absolute atomic E-state index is 0.0716. The quantitative estimate of drug-likeness (QED) is 0.407. The van der Waals surface area contributed by atoms with E-state index in [1.807, 2.05) is 0 Å². The highest BCUT2D eigenvalue weighted by atomic mass is 35.5. The molecule has 1 aliphatic carbocycles. The minimum Gasteiger partial charge on any atom is -0.506 e. The molecule has 5 aliphatic rings. The first-order chi connectivity index (χ1) is 20.9. The second kappa shape index (κ2) is 8.92. The Kier molecular flexibility index (Phi) is 5.69. The third-order valence-corrected chi connectivity index (χ3v) is 9.60. The second-order valence-corrected chi connectivity index (χ2v) is 12.6. The Labute approximate surface area is 257 Å². The minimum atomic E-state index is -2.31. The molecule has 4 aliphatic heterocycles. The Balaban J connectivity index is 1.67. The summed E-state index contributed by atoms with van der Waals surface area (Å²) < 4.78 is 12.6. The molecule has 0 saturated carbocycles. The monoisotopic (exact) mass is 614 g/mol. The summed E-state index contributed by atoms with van der Waals surface area (Å²) in [4.78, 5) is 72.9. The zero-order valence-electron chi connectivity index (χ0n) is 24.0. The number of ketones is 2. The summed E-state index contributed by atoms with van der Waals surface area (Å²) >= 11 is 6.19. The fraction of sp³-hybridized carbons (Fsp3) is 0.303. The number of benzene rings is 2. The van der Waals surface area contributed by atoms with Crippen LogP contribution in [0, 0.1) is 11.3 Å². The Hall–Kier alpha value is -4.70. The summed E-state index contributed by atoms with van der Waals surface area (Å²) in [5.74, 6) is -6.16. The Bertz CT molecular complexity index is 1790. The number of rotatable bonds is 4. The molecule has 2 aromatic rings. The van der Waals surface area contributed by atoms with Crippen molar-refractivity contribution >= 4 is 52.4 Å². The number of nitrogens with zero attached hydrogens (tertiary/aromatic N) is 2. The smallest absolute Gasteiger partial charge is 0.318 e. The van der Waals surface area contributed by atoms with Gasteiger partial charge in [-0.25, -0.2) is 0 Å². The van der Waals surface area contributed by atoms with Gasteiger partial charge in [0.05, 0.1) is 23.3 Å². The van der Waals surface area contributed by atoms with E-state index in [1.54, 1.807) is 63.3 Å². The summed E-state index contributed by atoms with van der Waals surface area (Å²) in [7, 11) is 0. The van der Waals surface area contributed by atoms with Crippen molar-refractivity contribution in [2.45, 2.75) is 44.0 Å². The van der Waals surface area contributed by atoms with Gasteiger partial charge in [-0.2, -0.15) is 0 Å². The maximum absolute atomic E-state index is 15.3. The number of halogens is 1. The van der Waals surface area contributed by atoms with Crippen LogP contribution in [0.2, 0.25) is 5.02 Å². The predicted molar refractivity (Wildman–Crippen MR) is 157 cm³/mol. The van der Waals surface area contributed by atoms with Crippen molar-refractivity contribution in [1.29, 1.82) is 0 Å². The first kappa shape index (κ1) is 28.1. The van der Waals surface area contributed by atoms with Gasteiger partial charge in [-0.3, -0.25) is 33.8 Å². The number of phenolic OH excluding ortho intramolecular Hbond substituents is 1. The number of hydrogen-bond acceptors (Lipinski definition) is 8. The van der Waals surface area contributed by atoms with Crippen LogP contribution < -0.4 is 4.90 Å². The lowest BCUT2D eigenvalue weighted by atomic mass is 9.62. The Morgan fingerprint density at radius 1 is 1.05 bits per heavy atom. The number of carbonyl (C=O) groups is 5. The van der Waals surface area contributed by atoms with Gasteiger partial charge in [0.25, 0.3) is 11.7 Å². The maximum atomic E-state index is 15.3. The Morgan fingerprint density at radius 3 is 2.34 bits per heavy atom. The molecule has 224 valence electrons. The van der Waals surface area contributed by atoms with E-state index in [1.165, 1.54) is 35.3 Å². The zero-order valence-corrected chi connectivity index (χ0v) is 24.8. The van der Waals surface area contributed by atoms with E-state index in [4.69, 9.17) is 21.1 Å². The van der Waals surface area contributed by atoms with Gasteiger partial charge < -0.3 is 14.6 Å².